The van der Waals surface area contributed by atoms with E-state index in [9.17, 15) is 22.4 Å². The van der Waals surface area contributed by atoms with Gasteiger partial charge in [-0.3, -0.25) is 10.00 Å². The Kier molecular flexibility index (Phi) is 4.52. The fourth-order valence-corrected chi connectivity index (χ4v) is 6.09. The number of amides is 2. The molecule has 0 aliphatic heterocycles. The van der Waals surface area contributed by atoms with Crippen LogP contribution < -0.4 is 10.6 Å². The summed E-state index contributed by atoms with van der Waals surface area (Å²) in [5, 5.41) is 9.85. The molecule has 4 aliphatic carbocycles. The molecule has 0 atom stereocenters. The first-order valence-electron chi connectivity index (χ1n) is 10.2. The molecule has 0 saturated heterocycles. The smallest absolute Gasteiger partial charge is 0.320 e. The molecule has 2 amide bonds. The van der Waals surface area contributed by atoms with E-state index in [1.54, 1.807) is 0 Å². The second-order valence-corrected chi connectivity index (χ2v) is 9.12. The Hall–Kier alpha value is -2.58. The monoisotopic (exact) mass is 422 g/mol. The van der Waals surface area contributed by atoms with Gasteiger partial charge < -0.3 is 5.32 Å². The highest BCUT2D eigenvalue weighted by atomic mass is 19.2. The summed E-state index contributed by atoms with van der Waals surface area (Å²) in [5.41, 5.74) is -0.924. The SMILES string of the molecule is O=C(Nc1ccn(Cc2c(F)c(F)cc(F)c2F)n1)NC12CC3CC(CC(C3)C1)C2. The highest BCUT2D eigenvalue weighted by Crippen LogP contribution is 2.55. The lowest BCUT2D eigenvalue weighted by Crippen LogP contribution is -2.60. The minimum absolute atomic E-state index is 0.160. The van der Waals surface area contributed by atoms with E-state index in [4.69, 9.17) is 0 Å². The predicted molar refractivity (Wildman–Crippen MR) is 101 cm³/mol. The van der Waals surface area contributed by atoms with Gasteiger partial charge in [0.15, 0.2) is 29.1 Å². The van der Waals surface area contributed by atoms with Gasteiger partial charge in [0.05, 0.1) is 12.1 Å². The lowest BCUT2D eigenvalue weighted by Gasteiger charge is -2.56. The van der Waals surface area contributed by atoms with Gasteiger partial charge in [-0.25, -0.2) is 22.4 Å². The van der Waals surface area contributed by atoms with Gasteiger partial charge in [0.25, 0.3) is 0 Å². The van der Waals surface area contributed by atoms with Crippen molar-refractivity contribution in [3.8, 4) is 0 Å². The molecule has 5 nitrogen and oxygen atoms in total. The lowest BCUT2D eigenvalue weighted by molar-refractivity contribution is -0.0127. The highest BCUT2D eigenvalue weighted by molar-refractivity contribution is 5.88. The minimum Gasteiger partial charge on any atom is -0.332 e. The average Bonchev–Trinajstić information content (AvgIpc) is 3.08. The van der Waals surface area contributed by atoms with Crippen LogP contribution in [-0.2, 0) is 6.54 Å². The van der Waals surface area contributed by atoms with Gasteiger partial charge >= 0.3 is 6.03 Å². The highest BCUT2D eigenvalue weighted by Gasteiger charge is 2.51. The van der Waals surface area contributed by atoms with E-state index in [0.717, 1.165) is 23.9 Å². The molecule has 30 heavy (non-hydrogen) atoms. The van der Waals surface area contributed by atoms with E-state index < -0.39 is 35.4 Å². The number of urea groups is 1. The Morgan fingerprint density at radius 2 is 1.60 bits per heavy atom. The van der Waals surface area contributed by atoms with Gasteiger partial charge in [0, 0.05) is 23.9 Å². The van der Waals surface area contributed by atoms with Crippen LogP contribution in [0, 0.1) is 41.0 Å². The second-order valence-electron chi connectivity index (χ2n) is 9.12. The third-order valence-corrected chi connectivity index (χ3v) is 6.82. The van der Waals surface area contributed by atoms with Crippen LogP contribution in [0.1, 0.15) is 44.1 Å². The number of nitrogens with one attached hydrogen (secondary N) is 2. The molecule has 9 heteroatoms. The molecule has 1 heterocycles. The first-order chi connectivity index (χ1) is 14.3. The van der Waals surface area contributed by atoms with Crippen LogP contribution in [0.25, 0.3) is 0 Å². The zero-order valence-corrected chi connectivity index (χ0v) is 16.2. The van der Waals surface area contributed by atoms with Gasteiger partial charge in [-0.15, -0.1) is 0 Å². The van der Waals surface area contributed by atoms with E-state index in [0.29, 0.717) is 17.8 Å². The van der Waals surface area contributed by atoms with Gasteiger partial charge in [0.2, 0.25) is 0 Å². The van der Waals surface area contributed by atoms with Crippen molar-refractivity contribution in [2.45, 2.75) is 50.6 Å². The van der Waals surface area contributed by atoms with Crippen LogP contribution in [0.5, 0.6) is 0 Å². The number of hydrogen-bond donors (Lipinski definition) is 2. The summed E-state index contributed by atoms with van der Waals surface area (Å²) in [6.07, 6.45) is 8.18. The van der Waals surface area contributed by atoms with Crippen molar-refractivity contribution < 1.29 is 22.4 Å². The number of hydrogen-bond acceptors (Lipinski definition) is 2. The summed E-state index contributed by atoms with van der Waals surface area (Å²) in [6.45, 7) is -0.509. The number of aromatic nitrogens is 2. The Morgan fingerprint density at radius 3 is 2.17 bits per heavy atom. The normalized spacial score (nSPS) is 29.3. The molecule has 2 N–H and O–H groups in total. The largest absolute Gasteiger partial charge is 0.332 e. The molecule has 2 aromatic rings. The molecule has 0 unspecified atom stereocenters. The van der Waals surface area contributed by atoms with E-state index in [1.807, 2.05) is 0 Å². The van der Waals surface area contributed by atoms with Crippen LogP contribution >= 0.6 is 0 Å². The maximum Gasteiger partial charge on any atom is 0.320 e. The van der Waals surface area contributed by atoms with Crippen molar-refractivity contribution >= 4 is 11.8 Å². The first kappa shape index (κ1) is 19.4. The van der Waals surface area contributed by atoms with Crippen molar-refractivity contribution in [2.24, 2.45) is 17.8 Å². The molecular weight excluding hydrogens is 400 g/mol. The Morgan fingerprint density at radius 1 is 1.03 bits per heavy atom. The quantitative estimate of drug-likeness (QED) is 0.560. The fourth-order valence-electron chi connectivity index (χ4n) is 6.09. The number of halogens is 4. The minimum atomic E-state index is -1.47. The zero-order valence-electron chi connectivity index (χ0n) is 16.2. The third-order valence-electron chi connectivity index (χ3n) is 6.82. The van der Waals surface area contributed by atoms with E-state index >= 15 is 0 Å². The van der Waals surface area contributed by atoms with Crippen LogP contribution in [0.15, 0.2) is 18.3 Å². The molecule has 1 aromatic carbocycles. The Labute approximate surface area is 170 Å². The molecule has 6 rings (SSSR count). The average molecular weight is 422 g/mol. The van der Waals surface area contributed by atoms with Crippen LogP contribution in [0.4, 0.5) is 28.2 Å². The second kappa shape index (κ2) is 6.99. The van der Waals surface area contributed by atoms with Crippen LogP contribution in [0.2, 0.25) is 0 Å². The number of nitrogens with zero attached hydrogens (tertiary/aromatic N) is 2. The van der Waals surface area contributed by atoms with Crippen molar-refractivity contribution in [1.82, 2.24) is 15.1 Å². The predicted octanol–water partition coefficient (Wildman–Crippen LogP) is 4.58. The summed E-state index contributed by atoms with van der Waals surface area (Å²) in [5.74, 6) is -3.60. The molecule has 1 aromatic heterocycles. The maximum absolute atomic E-state index is 13.9. The van der Waals surface area contributed by atoms with Crippen molar-refractivity contribution in [3.63, 3.8) is 0 Å². The summed E-state index contributed by atoms with van der Waals surface area (Å²) in [6, 6.07) is 1.26. The van der Waals surface area contributed by atoms with Crippen molar-refractivity contribution in [2.75, 3.05) is 5.32 Å². The number of anilines is 1. The topological polar surface area (TPSA) is 59.0 Å². The Bertz CT molecular complexity index is 944. The fraction of sp³-hybridized carbons (Fsp3) is 0.524. The zero-order chi connectivity index (χ0) is 21.0. The summed E-state index contributed by atoms with van der Waals surface area (Å²) in [7, 11) is 0. The van der Waals surface area contributed by atoms with E-state index in [1.165, 1.54) is 31.5 Å². The number of rotatable bonds is 4. The molecular formula is C21H22F4N4O. The van der Waals surface area contributed by atoms with E-state index in [-0.39, 0.29) is 23.5 Å². The summed E-state index contributed by atoms with van der Waals surface area (Å²) in [4.78, 5) is 12.6. The lowest BCUT2D eigenvalue weighted by atomic mass is 9.53. The Balaban J connectivity index is 1.25. The van der Waals surface area contributed by atoms with Gasteiger partial charge in [0.1, 0.15) is 0 Å². The molecule has 4 fully saturated rings. The molecule has 0 radical (unpaired) electrons. The number of benzene rings is 1. The van der Waals surface area contributed by atoms with Crippen LogP contribution in [-0.4, -0.2) is 21.4 Å². The molecule has 4 saturated carbocycles. The standard InChI is InChI=1S/C21H22F4N4O/c22-15-6-16(23)19(25)14(18(15)24)10-29-2-1-17(28-29)26-20(30)27-21-7-11-3-12(8-21)5-13(4-11)9-21/h1-2,6,11-13H,3-5,7-10H2,(H2,26,27,28,30). The van der Waals surface area contributed by atoms with Crippen LogP contribution in [0.3, 0.4) is 0 Å². The molecule has 4 bridgehead atoms. The maximum atomic E-state index is 13.9. The van der Waals surface area contributed by atoms with Gasteiger partial charge in [-0.05, 0) is 56.3 Å². The van der Waals surface area contributed by atoms with Crippen molar-refractivity contribution in [3.05, 3.63) is 47.2 Å². The first-order valence-corrected chi connectivity index (χ1v) is 10.2. The third kappa shape index (κ3) is 3.44. The molecule has 0 spiro atoms. The number of carbonyl (C=O) groups is 1. The number of carbonyl (C=O) groups excluding carboxylic acids is 1. The van der Waals surface area contributed by atoms with Crippen molar-refractivity contribution in [1.29, 1.82) is 0 Å². The van der Waals surface area contributed by atoms with Gasteiger partial charge in [-0.1, -0.05) is 0 Å². The molecule has 4 aliphatic rings. The van der Waals surface area contributed by atoms with E-state index in [2.05, 4.69) is 15.7 Å². The summed E-state index contributed by atoms with van der Waals surface area (Å²) < 4.78 is 55.6. The molecule has 160 valence electrons. The summed E-state index contributed by atoms with van der Waals surface area (Å²) >= 11 is 0. The van der Waals surface area contributed by atoms with Gasteiger partial charge in [-0.2, -0.15) is 5.10 Å².